The lowest BCUT2D eigenvalue weighted by molar-refractivity contribution is -0.115. The SMILES string of the molecule is CCOc1ccc(CC(=O)Nc2cnn(Cc3ccccc3)c2)cc1OCC. The number of rotatable bonds is 9. The van der Waals surface area contributed by atoms with Crippen LogP contribution in [0.5, 0.6) is 11.5 Å². The van der Waals surface area contributed by atoms with Crippen molar-refractivity contribution in [2.75, 3.05) is 18.5 Å². The van der Waals surface area contributed by atoms with Gasteiger partial charge in [-0.2, -0.15) is 5.10 Å². The van der Waals surface area contributed by atoms with E-state index in [-0.39, 0.29) is 12.3 Å². The first-order valence-corrected chi connectivity index (χ1v) is 9.42. The molecular formula is C22H25N3O3. The maximum Gasteiger partial charge on any atom is 0.228 e. The van der Waals surface area contributed by atoms with Crippen LogP contribution in [0.2, 0.25) is 0 Å². The summed E-state index contributed by atoms with van der Waals surface area (Å²) < 4.78 is 13.0. The number of nitrogens with one attached hydrogen (secondary N) is 1. The molecule has 3 aromatic rings. The van der Waals surface area contributed by atoms with Crippen molar-refractivity contribution in [2.24, 2.45) is 0 Å². The first kappa shape index (κ1) is 19.5. The van der Waals surface area contributed by atoms with Gasteiger partial charge in [0.2, 0.25) is 5.91 Å². The zero-order valence-corrected chi connectivity index (χ0v) is 16.2. The molecule has 6 heteroatoms. The van der Waals surface area contributed by atoms with E-state index in [0.29, 0.717) is 36.9 Å². The second kappa shape index (κ2) is 9.60. The Kier molecular flexibility index (Phi) is 6.68. The Morgan fingerprint density at radius 2 is 1.75 bits per heavy atom. The third-order valence-electron chi connectivity index (χ3n) is 4.08. The van der Waals surface area contributed by atoms with Crippen LogP contribution in [-0.2, 0) is 17.8 Å². The number of carbonyl (C=O) groups is 1. The van der Waals surface area contributed by atoms with Crippen molar-refractivity contribution in [1.29, 1.82) is 0 Å². The number of carbonyl (C=O) groups excluding carboxylic acids is 1. The summed E-state index contributed by atoms with van der Waals surface area (Å²) in [6, 6.07) is 15.6. The molecule has 0 aliphatic rings. The van der Waals surface area contributed by atoms with E-state index < -0.39 is 0 Å². The van der Waals surface area contributed by atoms with Gasteiger partial charge in [0.1, 0.15) is 0 Å². The summed E-state index contributed by atoms with van der Waals surface area (Å²) in [6.07, 6.45) is 3.73. The number of benzene rings is 2. The predicted octanol–water partition coefficient (Wildman–Crippen LogP) is 3.91. The van der Waals surface area contributed by atoms with E-state index in [0.717, 1.165) is 11.1 Å². The summed E-state index contributed by atoms with van der Waals surface area (Å²) in [6.45, 7) is 5.60. The normalized spacial score (nSPS) is 10.5. The summed E-state index contributed by atoms with van der Waals surface area (Å²) in [5.74, 6) is 1.24. The zero-order valence-electron chi connectivity index (χ0n) is 16.2. The van der Waals surface area contributed by atoms with Gasteiger partial charge in [-0.1, -0.05) is 36.4 Å². The zero-order chi connectivity index (χ0) is 19.8. The minimum absolute atomic E-state index is 0.106. The van der Waals surface area contributed by atoms with E-state index in [2.05, 4.69) is 10.4 Å². The van der Waals surface area contributed by atoms with E-state index in [1.54, 1.807) is 10.9 Å². The topological polar surface area (TPSA) is 65.4 Å². The van der Waals surface area contributed by atoms with Gasteiger partial charge in [-0.15, -0.1) is 0 Å². The molecule has 0 aliphatic heterocycles. The third kappa shape index (κ3) is 5.36. The number of anilines is 1. The fourth-order valence-electron chi connectivity index (χ4n) is 2.88. The Bertz CT molecular complexity index is 906. The molecule has 0 spiro atoms. The maximum atomic E-state index is 12.4. The van der Waals surface area contributed by atoms with Crippen molar-refractivity contribution in [3.05, 3.63) is 72.1 Å². The molecule has 0 saturated carbocycles. The average Bonchev–Trinajstić information content (AvgIpc) is 3.11. The minimum Gasteiger partial charge on any atom is -0.490 e. The van der Waals surface area contributed by atoms with Crippen molar-refractivity contribution >= 4 is 11.6 Å². The van der Waals surface area contributed by atoms with Gasteiger partial charge >= 0.3 is 0 Å². The molecule has 28 heavy (non-hydrogen) atoms. The third-order valence-corrected chi connectivity index (χ3v) is 4.08. The fourth-order valence-corrected chi connectivity index (χ4v) is 2.88. The summed E-state index contributed by atoms with van der Waals surface area (Å²) >= 11 is 0. The molecule has 0 radical (unpaired) electrons. The highest BCUT2D eigenvalue weighted by atomic mass is 16.5. The van der Waals surface area contributed by atoms with Crippen LogP contribution in [0.25, 0.3) is 0 Å². The van der Waals surface area contributed by atoms with Gasteiger partial charge in [-0.25, -0.2) is 0 Å². The average molecular weight is 379 g/mol. The molecule has 3 rings (SSSR count). The van der Waals surface area contributed by atoms with Crippen molar-refractivity contribution in [3.8, 4) is 11.5 Å². The lowest BCUT2D eigenvalue weighted by Crippen LogP contribution is -2.14. The quantitative estimate of drug-likeness (QED) is 0.612. The monoisotopic (exact) mass is 379 g/mol. The molecule has 146 valence electrons. The number of hydrogen-bond acceptors (Lipinski definition) is 4. The van der Waals surface area contributed by atoms with E-state index in [9.17, 15) is 4.79 Å². The van der Waals surface area contributed by atoms with Crippen LogP contribution in [-0.4, -0.2) is 28.9 Å². The van der Waals surface area contributed by atoms with Crippen molar-refractivity contribution < 1.29 is 14.3 Å². The lowest BCUT2D eigenvalue weighted by atomic mass is 10.1. The van der Waals surface area contributed by atoms with E-state index >= 15 is 0 Å². The maximum absolute atomic E-state index is 12.4. The molecule has 0 aliphatic carbocycles. The molecule has 1 heterocycles. The van der Waals surface area contributed by atoms with Crippen molar-refractivity contribution in [1.82, 2.24) is 9.78 Å². The van der Waals surface area contributed by atoms with Gasteiger partial charge in [0.05, 0.1) is 38.1 Å². The van der Waals surface area contributed by atoms with Gasteiger partial charge in [-0.3, -0.25) is 9.48 Å². The Morgan fingerprint density at radius 3 is 2.50 bits per heavy atom. The molecule has 1 N–H and O–H groups in total. The summed E-state index contributed by atoms with van der Waals surface area (Å²) in [4.78, 5) is 12.4. The van der Waals surface area contributed by atoms with Gasteiger partial charge in [0.15, 0.2) is 11.5 Å². The first-order chi connectivity index (χ1) is 13.7. The van der Waals surface area contributed by atoms with E-state index in [1.165, 1.54) is 0 Å². The molecule has 1 amide bonds. The van der Waals surface area contributed by atoms with Crippen LogP contribution in [0.3, 0.4) is 0 Å². The number of hydrogen-bond donors (Lipinski definition) is 1. The number of nitrogens with zero attached hydrogens (tertiary/aromatic N) is 2. The van der Waals surface area contributed by atoms with Gasteiger partial charge in [-0.05, 0) is 37.1 Å². The Hall–Kier alpha value is -3.28. The Balaban J connectivity index is 1.60. The Labute approximate surface area is 165 Å². The lowest BCUT2D eigenvalue weighted by Gasteiger charge is -2.12. The molecule has 0 unspecified atom stereocenters. The van der Waals surface area contributed by atoms with E-state index in [4.69, 9.17) is 9.47 Å². The van der Waals surface area contributed by atoms with Crippen LogP contribution in [0.4, 0.5) is 5.69 Å². The fraction of sp³-hybridized carbons (Fsp3) is 0.273. The summed E-state index contributed by atoms with van der Waals surface area (Å²) in [5, 5.41) is 7.20. The molecule has 0 saturated heterocycles. The Morgan fingerprint density at radius 1 is 1.00 bits per heavy atom. The smallest absolute Gasteiger partial charge is 0.228 e. The van der Waals surface area contributed by atoms with Gasteiger partial charge < -0.3 is 14.8 Å². The predicted molar refractivity (Wildman–Crippen MR) is 109 cm³/mol. The largest absolute Gasteiger partial charge is 0.490 e. The summed E-state index contributed by atoms with van der Waals surface area (Å²) in [5.41, 5.74) is 2.69. The van der Waals surface area contributed by atoms with Crippen molar-refractivity contribution in [2.45, 2.75) is 26.8 Å². The second-order valence-electron chi connectivity index (χ2n) is 6.28. The van der Waals surface area contributed by atoms with Gasteiger partial charge in [0.25, 0.3) is 0 Å². The minimum atomic E-state index is -0.106. The van der Waals surface area contributed by atoms with Crippen LogP contribution >= 0.6 is 0 Å². The molecule has 2 aromatic carbocycles. The summed E-state index contributed by atoms with van der Waals surface area (Å²) in [7, 11) is 0. The van der Waals surface area contributed by atoms with Crippen molar-refractivity contribution in [3.63, 3.8) is 0 Å². The highest BCUT2D eigenvalue weighted by molar-refractivity contribution is 5.92. The highest BCUT2D eigenvalue weighted by Gasteiger charge is 2.10. The number of ether oxygens (including phenoxy) is 2. The molecular weight excluding hydrogens is 354 g/mol. The van der Waals surface area contributed by atoms with Gasteiger partial charge in [0, 0.05) is 6.20 Å². The molecule has 0 fully saturated rings. The van der Waals surface area contributed by atoms with Crippen LogP contribution < -0.4 is 14.8 Å². The number of aromatic nitrogens is 2. The van der Waals surface area contributed by atoms with Crippen LogP contribution in [0.1, 0.15) is 25.0 Å². The van der Waals surface area contributed by atoms with E-state index in [1.807, 2.05) is 68.6 Å². The second-order valence-corrected chi connectivity index (χ2v) is 6.28. The first-order valence-electron chi connectivity index (χ1n) is 9.42. The molecule has 0 atom stereocenters. The number of amides is 1. The van der Waals surface area contributed by atoms with Crippen LogP contribution in [0, 0.1) is 0 Å². The molecule has 0 bridgehead atoms. The van der Waals surface area contributed by atoms with Crippen LogP contribution in [0.15, 0.2) is 60.9 Å². The molecule has 1 aromatic heterocycles. The highest BCUT2D eigenvalue weighted by Crippen LogP contribution is 2.28. The standard InChI is InChI=1S/C22H25N3O3/c1-3-27-20-11-10-18(12-21(20)28-4-2)13-22(26)24-19-14-23-25(16-19)15-17-8-6-5-7-9-17/h5-12,14,16H,3-4,13,15H2,1-2H3,(H,24,26). The molecule has 6 nitrogen and oxygen atoms in total.